The summed E-state index contributed by atoms with van der Waals surface area (Å²) in [4.78, 5) is 16.9. The quantitative estimate of drug-likeness (QED) is 0.880. The monoisotopic (exact) mass is 311 g/mol. The van der Waals surface area contributed by atoms with Crippen LogP contribution in [0.1, 0.15) is 12.8 Å². The summed E-state index contributed by atoms with van der Waals surface area (Å²) in [6.45, 7) is 0.686. The van der Waals surface area contributed by atoms with Crippen LogP contribution < -0.4 is 5.32 Å². The topological polar surface area (TPSA) is 65.5 Å². The highest BCUT2D eigenvalue weighted by atomic mass is 79.9. The van der Waals surface area contributed by atoms with Crippen molar-refractivity contribution in [2.24, 2.45) is 5.92 Å². The lowest BCUT2D eigenvalue weighted by atomic mass is 10.1. The Kier molecular flexibility index (Phi) is 2.89. The first-order chi connectivity index (χ1) is 8.63. The molecule has 0 aromatic carbocycles. The van der Waals surface area contributed by atoms with Crippen LogP contribution in [0.25, 0.3) is 0 Å². The van der Waals surface area contributed by atoms with Crippen LogP contribution >= 0.6 is 15.9 Å². The van der Waals surface area contributed by atoms with Gasteiger partial charge in [0.25, 0.3) is 0 Å². The number of aromatic nitrogens is 1. The SMILES string of the molecule is O=C(O)N1CC2CC(Nc3ccc(Br)cn3)C1C2. The summed E-state index contributed by atoms with van der Waals surface area (Å²) in [6, 6.07) is 4.12. The maximum absolute atomic E-state index is 11.1. The van der Waals surface area contributed by atoms with Crippen molar-refractivity contribution in [2.75, 3.05) is 11.9 Å². The number of rotatable bonds is 2. The van der Waals surface area contributed by atoms with Crippen LogP contribution in [0.3, 0.4) is 0 Å². The standard InChI is InChI=1S/C12H14BrN3O2/c13-8-1-2-11(14-5-8)15-9-3-7-4-10(9)16(6-7)12(17)18/h1-2,5,7,9-10H,3-4,6H2,(H,14,15)(H,17,18). The maximum atomic E-state index is 11.1. The number of amides is 1. The van der Waals surface area contributed by atoms with Gasteiger partial charge in [-0.3, -0.25) is 0 Å². The third-order valence-electron chi connectivity index (χ3n) is 3.79. The van der Waals surface area contributed by atoms with Gasteiger partial charge in [0.05, 0.1) is 6.04 Å². The van der Waals surface area contributed by atoms with Crippen LogP contribution in [-0.2, 0) is 0 Å². The second-order valence-corrected chi connectivity index (χ2v) is 5.87. The molecule has 1 amide bonds. The van der Waals surface area contributed by atoms with Gasteiger partial charge in [0.1, 0.15) is 5.82 Å². The van der Waals surface area contributed by atoms with E-state index in [-0.39, 0.29) is 12.1 Å². The van der Waals surface area contributed by atoms with E-state index in [1.54, 1.807) is 11.1 Å². The minimum Gasteiger partial charge on any atom is -0.465 e. The highest BCUT2D eigenvalue weighted by molar-refractivity contribution is 9.10. The Balaban J connectivity index is 1.71. The predicted octanol–water partition coefficient (Wildman–Crippen LogP) is 2.40. The number of carbonyl (C=O) groups is 1. The molecule has 0 spiro atoms. The molecule has 1 aromatic rings. The molecule has 2 aliphatic rings. The van der Waals surface area contributed by atoms with E-state index in [9.17, 15) is 4.79 Å². The van der Waals surface area contributed by atoms with Crippen LogP contribution in [0.4, 0.5) is 10.6 Å². The van der Waals surface area contributed by atoms with Crippen molar-refractivity contribution in [1.82, 2.24) is 9.88 Å². The molecule has 1 saturated carbocycles. The number of nitrogens with zero attached hydrogens (tertiary/aromatic N) is 2. The van der Waals surface area contributed by atoms with Crippen molar-refractivity contribution in [3.05, 3.63) is 22.8 Å². The summed E-state index contributed by atoms with van der Waals surface area (Å²) >= 11 is 3.34. The van der Waals surface area contributed by atoms with Gasteiger partial charge < -0.3 is 15.3 Å². The minimum atomic E-state index is -0.808. The molecule has 2 bridgehead atoms. The molecule has 1 saturated heterocycles. The number of piperidine rings is 1. The zero-order valence-corrected chi connectivity index (χ0v) is 11.3. The van der Waals surface area contributed by atoms with Gasteiger partial charge in [-0.1, -0.05) is 0 Å². The molecule has 0 radical (unpaired) electrons. The number of nitrogens with one attached hydrogen (secondary N) is 1. The third-order valence-corrected chi connectivity index (χ3v) is 4.26. The van der Waals surface area contributed by atoms with Crippen molar-refractivity contribution in [2.45, 2.75) is 24.9 Å². The summed E-state index contributed by atoms with van der Waals surface area (Å²) in [7, 11) is 0. The smallest absolute Gasteiger partial charge is 0.407 e. The summed E-state index contributed by atoms with van der Waals surface area (Å²) in [5.41, 5.74) is 0. The number of fused-ring (bicyclic) bond motifs is 2. The Morgan fingerprint density at radius 2 is 2.33 bits per heavy atom. The van der Waals surface area contributed by atoms with Gasteiger partial charge in [-0.2, -0.15) is 0 Å². The van der Waals surface area contributed by atoms with Gasteiger partial charge in [0.2, 0.25) is 0 Å². The molecule has 3 rings (SSSR count). The molecule has 96 valence electrons. The minimum absolute atomic E-state index is 0.0953. The lowest BCUT2D eigenvalue weighted by Crippen LogP contribution is -2.47. The Morgan fingerprint density at radius 1 is 1.50 bits per heavy atom. The summed E-state index contributed by atoms with van der Waals surface area (Å²) in [5.74, 6) is 1.31. The molecule has 1 aliphatic heterocycles. The molecular formula is C12H14BrN3O2. The maximum Gasteiger partial charge on any atom is 0.407 e. The summed E-state index contributed by atoms with van der Waals surface area (Å²) in [6.07, 6.45) is 2.94. The van der Waals surface area contributed by atoms with Gasteiger partial charge in [0, 0.05) is 23.3 Å². The molecule has 2 fully saturated rings. The molecule has 1 aliphatic carbocycles. The summed E-state index contributed by atoms with van der Waals surface area (Å²) in [5, 5.41) is 12.5. The van der Waals surface area contributed by atoms with E-state index in [1.165, 1.54) is 0 Å². The lowest BCUT2D eigenvalue weighted by Gasteiger charge is -2.31. The average Bonchev–Trinajstić information content (AvgIpc) is 2.91. The molecule has 2 N–H and O–H groups in total. The number of likely N-dealkylation sites (tertiary alicyclic amines) is 1. The Hall–Kier alpha value is -1.30. The van der Waals surface area contributed by atoms with Crippen LogP contribution in [0.15, 0.2) is 22.8 Å². The zero-order chi connectivity index (χ0) is 12.7. The number of hydrogen-bond donors (Lipinski definition) is 2. The van der Waals surface area contributed by atoms with E-state index < -0.39 is 6.09 Å². The number of carboxylic acid groups (broad SMARTS) is 1. The predicted molar refractivity (Wildman–Crippen MR) is 70.6 cm³/mol. The van der Waals surface area contributed by atoms with E-state index in [2.05, 4.69) is 26.2 Å². The number of hydrogen-bond acceptors (Lipinski definition) is 3. The molecule has 5 nitrogen and oxygen atoms in total. The molecular weight excluding hydrogens is 298 g/mol. The van der Waals surface area contributed by atoms with Crippen molar-refractivity contribution >= 4 is 27.8 Å². The van der Waals surface area contributed by atoms with Gasteiger partial charge in [-0.15, -0.1) is 0 Å². The fourth-order valence-corrected chi connectivity index (χ4v) is 3.29. The molecule has 6 heteroatoms. The first kappa shape index (κ1) is 11.8. The molecule has 2 heterocycles. The fourth-order valence-electron chi connectivity index (χ4n) is 3.05. The van der Waals surface area contributed by atoms with E-state index in [0.717, 1.165) is 23.1 Å². The summed E-state index contributed by atoms with van der Waals surface area (Å²) < 4.78 is 0.938. The Bertz CT molecular complexity index is 465. The lowest BCUT2D eigenvalue weighted by molar-refractivity contribution is 0.127. The van der Waals surface area contributed by atoms with E-state index in [4.69, 9.17) is 5.11 Å². The first-order valence-corrected chi connectivity index (χ1v) is 6.80. The molecule has 18 heavy (non-hydrogen) atoms. The Morgan fingerprint density at radius 3 is 2.94 bits per heavy atom. The molecule has 3 unspecified atom stereocenters. The van der Waals surface area contributed by atoms with Crippen LogP contribution in [0.5, 0.6) is 0 Å². The van der Waals surface area contributed by atoms with Gasteiger partial charge in [-0.25, -0.2) is 9.78 Å². The number of pyridine rings is 1. The first-order valence-electron chi connectivity index (χ1n) is 6.01. The fraction of sp³-hybridized carbons (Fsp3) is 0.500. The normalized spacial score (nSPS) is 29.6. The zero-order valence-electron chi connectivity index (χ0n) is 9.71. The van der Waals surface area contributed by atoms with Crippen molar-refractivity contribution < 1.29 is 9.90 Å². The van der Waals surface area contributed by atoms with Gasteiger partial charge >= 0.3 is 6.09 Å². The van der Waals surface area contributed by atoms with E-state index in [1.807, 2.05) is 12.1 Å². The Labute approximate surface area is 113 Å². The third kappa shape index (κ3) is 2.05. The molecule has 1 aromatic heterocycles. The van der Waals surface area contributed by atoms with Crippen molar-refractivity contribution in [3.8, 4) is 0 Å². The van der Waals surface area contributed by atoms with Crippen LogP contribution in [-0.4, -0.2) is 39.7 Å². The van der Waals surface area contributed by atoms with Crippen molar-refractivity contribution in [1.29, 1.82) is 0 Å². The highest BCUT2D eigenvalue weighted by Crippen LogP contribution is 2.38. The second kappa shape index (κ2) is 4.42. The van der Waals surface area contributed by atoms with E-state index in [0.29, 0.717) is 12.5 Å². The second-order valence-electron chi connectivity index (χ2n) is 4.95. The number of anilines is 1. The van der Waals surface area contributed by atoms with Crippen molar-refractivity contribution in [3.63, 3.8) is 0 Å². The average molecular weight is 312 g/mol. The van der Waals surface area contributed by atoms with Crippen LogP contribution in [0.2, 0.25) is 0 Å². The highest BCUT2D eigenvalue weighted by Gasteiger charge is 2.47. The largest absolute Gasteiger partial charge is 0.465 e. The van der Waals surface area contributed by atoms with Gasteiger partial charge in [-0.05, 0) is 46.8 Å². The van der Waals surface area contributed by atoms with Crippen LogP contribution in [0, 0.1) is 5.92 Å². The van der Waals surface area contributed by atoms with E-state index >= 15 is 0 Å². The number of halogens is 1. The van der Waals surface area contributed by atoms with Gasteiger partial charge in [0.15, 0.2) is 0 Å². The molecule has 3 atom stereocenters.